The number of ether oxygens (including phenoxy) is 1. The monoisotopic (exact) mass is 306 g/mol. The predicted octanol–water partition coefficient (Wildman–Crippen LogP) is 0.599. The molecule has 108 valence electrons. The standard InChI is InChI=1S/C11H18N2O4S2/c1-10-2-3-11(18-10)19(14,15)12-17-9-6-13-4-7-16-8-5-13/h2-3,12H,4-9H2,1H3. The van der Waals surface area contributed by atoms with Gasteiger partial charge < -0.3 is 4.74 Å². The van der Waals surface area contributed by atoms with Crippen LogP contribution in [0.15, 0.2) is 16.3 Å². The Kier molecular flexibility index (Phi) is 5.31. The summed E-state index contributed by atoms with van der Waals surface area (Å²) in [5.41, 5.74) is 0. The van der Waals surface area contributed by atoms with E-state index in [1.807, 2.05) is 6.92 Å². The number of nitrogens with zero attached hydrogens (tertiary/aromatic N) is 1. The van der Waals surface area contributed by atoms with Crippen molar-refractivity contribution < 1.29 is 18.0 Å². The SMILES string of the molecule is Cc1ccc(S(=O)(=O)NOCCN2CCOCC2)s1. The third-order valence-electron chi connectivity index (χ3n) is 2.76. The van der Waals surface area contributed by atoms with Gasteiger partial charge in [-0.05, 0) is 19.1 Å². The Morgan fingerprint density at radius 3 is 2.79 bits per heavy atom. The van der Waals surface area contributed by atoms with E-state index in [0.29, 0.717) is 13.2 Å². The average Bonchev–Trinajstić information content (AvgIpc) is 2.84. The van der Waals surface area contributed by atoms with Crippen LogP contribution in [0.2, 0.25) is 0 Å². The van der Waals surface area contributed by atoms with Crippen LogP contribution < -0.4 is 4.89 Å². The van der Waals surface area contributed by atoms with Crippen molar-refractivity contribution in [3.63, 3.8) is 0 Å². The highest BCUT2D eigenvalue weighted by molar-refractivity contribution is 7.91. The molecule has 2 heterocycles. The first-order chi connectivity index (χ1) is 9.08. The number of aryl methyl sites for hydroxylation is 1. The first-order valence-electron chi connectivity index (χ1n) is 6.08. The van der Waals surface area contributed by atoms with Gasteiger partial charge in [0.2, 0.25) is 0 Å². The normalized spacial score (nSPS) is 17.7. The van der Waals surface area contributed by atoms with Crippen LogP contribution in [0.5, 0.6) is 0 Å². The molecule has 6 nitrogen and oxygen atoms in total. The van der Waals surface area contributed by atoms with Crippen LogP contribution in [-0.2, 0) is 19.6 Å². The largest absolute Gasteiger partial charge is 0.379 e. The van der Waals surface area contributed by atoms with Crippen molar-refractivity contribution in [2.24, 2.45) is 0 Å². The number of morpholine rings is 1. The van der Waals surface area contributed by atoms with Crippen molar-refractivity contribution >= 4 is 21.4 Å². The van der Waals surface area contributed by atoms with E-state index in [1.54, 1.807) is 12.1 Å². The van der Waals surface area contributed by atoms with Gasteiger partial charge in [0.15, 0.2) is 0 Å². The Hall–Kier alpha value is -0.510. The molecule has 1 fully saturated rings. The Labute approximate surface area is 117 Å². The van der Waals surface area contributed by atoms with Gasteiger partial charge in [0.05, 0.1) is 19.8 Å². The average molecular weight is 306 g/mol. The second-order valence-corrected chi connectivity index (χ2v) is 7.41. The van der Waals surface area contributed by atoms with Gasteiger partial charge in [0.25, 0.3) is 10.0 Å². The lowest BCUT2D eigenvalue weighted by molar-refractivity contribution is 0.0125. The minimum absolute atomic E-state index is 0.274. The molecule has 0 aliphatic carbocycles. The maximum Gasteiger partial charge on any atom is 0.271 e. The van der Waals surface area contributed by atoms with Crippen molar-refractivity contribution in [2.45, 2.75) is 11.1 Å². The molecule has 1 N–H and O–H groups in total. The number of thiophene rings is 1. The first-order valence-corrected chi connectivity index (χ1v) is 8.38. The molecule has 0 saturated carbocycles. The van der Waals surface area contributed by atoms with Crippen LogP contribution in [0.3, 0.4) is 0 Å². The van der Waals surface area contributed by atoms with E-state index in [-0.39, 0.29) is 4.21 Å². The molecule has 2 rings (SSSR count). The van der Waals surface area contributed by atoms with Crippen LogP contribution in [0, 0.1) is 6.92 Å². The Bertz CT molecular complexity index is 495. The molecule has 1 saturated heterocycles. The third-order valence-corrected chi connectivity index (χ3v) is 5.47. The lowest BCUT2D eigenvalue weighted by atomic mass is 10.4. The van der Waals surface area contributed by atoms with Crippen LogP contribution in [-0.4, -0.2) is 52.8 Å². The van der Waals surface area contributed by atoms with Crippen LogP contribution in [0.25, 0.3) is 0 Å². The summed E-state index contributed by atoms with van der Waals surface area (Å²) in [5.74, 6) is 0. The Morgan fingerprint density at radius 2 is 2.16 bits per heavy atom. The zero-order chi connectivity index (χ0) is 13.7. The lowest BCUT2D eigenvalue weighted by Gasteiger charge is -2.26. The molecule has 0 radical (unpaired) electrons. The van der Waals surface area contributed by atoms with E-state index >= 15 is 0 Å². The lowest BCUT2D eigenvalue weighted by Crippen LogP contribution is -2.39. The number of sulfonamides is 1. The molecule has 0 atom stereocenters. The molecule has 1 aromatic rings. The van der Waals surface area contributed by atoms with E-state index in [2.05, 4.69) is 9.79 Å². The first kappa shape index (κ1) is 14.9. The summed E-state index contributed by atoms with van der Waals surface area (Å²) in [5, 5.41) is 0. The van der Waals surface area contributed by atoms with Crippen LogP contribution in [0.1, 0.15) is 4.88 Å². The maximum atomic E-state index is 11.8. The number of rotatable bonds is 6. The molecule has 0 spiro atoms. The Balaban J connectivity index is 1.72. The summed E-state index contributed by atoms with van der Waals surface area (Å²) >= 11 is 1.22. The Morgan fingerprint density at radius 1 is 1.42 bits per heavy atom. The van der Waals surface area contributed by atoms with E-state index in [9.17, 15) is 8.42 Å². The number of hydrogen-bond acceptors (Lipinski definition) is 6. The molecule has 0 bridgehead atoms. The predicted molar refractivity (Wildman–Crippen MR) is 72.6 cm³/mol. The van der Waals surface area contributed by atoms with Crippen LogP contribution in [0.4, 0.5) is 0 Å². The molecular formula is C11H18N2O4S2. The minimum Gasteiger partial charge on any atom is -0.379 e. The van der Waals surface area contributed by atoms with E-state index in [0.717, 1.165) is 31.2 Å². The highest BCUT2D eigenvalue weighted by atomic mass is 32.2. The molecule has 19 heavy (non-hydrogen) atoms. The molecule has 0 amide bonds. The van der Waals surface area contributed by atoms with Crippen LogP contribution >= 0.6 is 11.3 Å². The quantitative estimate of drug-likeness (QED) is 0.616. The smallest absolute Gasteiger partial charge is 0.271 e. The van der Waals surface area contributed by atoms with Gasteiger partial charge >= 0.3 is 0 Å². The zero-order valence-electron chi connectivity index (χ0n) is 10.8. The maximum absolute atomic E-state index is 11.8. The zero-order valence-corrected chi connectivity index (χ0v) is 12.4. The summed E-state index contributed by atoms with van der Waals surface area (Å²) in [7, 11) is -3.54. The van der Waals surface area contributed by atoms with Crippen molar-refractivity contribution in [1.29, 1.82) is 0 Å². The fraction of sp³-hybridized carbons (Fsp3) is 0.636. The van der Waals surface area contributed by atoms with Crippen molar-refractivity contribution in [1.82, 2.24) is 9.79 Å². The molecule has 0 aromatic carbocycles. The second-order valence-electron chi connectivity index (χ2n) is 4.25. The molecule has 8 heteroatoms. The molecule has 1 aliphatic heterocycles. The van der Waals surface area contributed by atoms with Gasteiger partial charge in [-0.3, -0.25) is 9.74 Å². The molecular weight excluding hydrogens is 288 g/mol. The fourth-order valence-electron chi connectivity index (χ4n) is 1.72. The van der Waals surface area contributed by atoms with Crippen molar-refractivity contribution in [2.75, 3.05) is 39.5 Å². The van der Waals surface area contributed by atoms with Gasteiger partial charge in [-0.1, -0.05) is 4.89 Å². The van der Waals surface area contributed by atoms with Gasteiger partial charge in [0, 0.05) is 24.5 Å². The minimum atomic E-state index is -3.54. The van der Waals surface area contributed by atoms with E-state index in [1.165, 1.54) is 11.3 Å². The highest BCUT2D eigenvalue weighted by Gasteiger charge is 2.16. The summed E-state index contributed by atoms with van der Waals surface area (Å²) in [6, 6.07) is 3.35. The molecule has 0 unspecified atom stereocenters. The second kappa shape index (κ2) is 6.78. The van der Waals surface area contributed by atoms with Gasteiger partial charge in [-0.2, -0.15) is 0 Å². The number of nitrogens with one attached hydrogen (secondary N) is 1. The highest BCUT2D eigenvalue weighted by Crippen LogP contribution is 2.20. The van der Waals surface area contributed by atoms with Crippen molar-refractivity contribution in [3.8, 4) is 0 Å². The summed E-state index contributed by atoms with van der Waals surface area (Å²) in [4.78, 5) is 10.3. The topological polar surface area (TPSA) is 67.9 Å². The fourth-order valence-corrected chi connectivity index (χ4v) is 3.81. The number of hydrogen-bond donors (Lipinski definition) is 1. The van der Waals surface area contributed by atoms with E-state index in [4.69, 9.17) is 9.57 Å². The summed E-state index contributed by atoms with van der Waals surface area (Å²) < 4.78 is 29.2. The summed E-state index contributed by atoms with van der Waals surface area (Å²) in [6.45, 7) is 6.04. The van der Waals surface area contributed by atoms with Gasteiger partial charge in [-0.25, -0.2) is 8.42 Å². The third kappa shape index (κ3) is 4.51. The van der Waals surface area contributed by atoms with E-state index < -0.39 is 10.0 Å². The van der Waals surface area contributed by atoms with Gasteiger partial charge in [0.1, 0.15) is 4.21 Å². The van der Waals surface area contributed by atoms with Gasteiger partial charge in [-0.15, -0.1) is 11.3 Å². The van der Waals surface area contributed by atoms with Crippen molar-refractivity contribution in [3.05, 3.63) is 17.0 Å². The molecule has 1 aromatic heterocycles. The summed E-state index contributed by atoms with van der Waals surface area (Å²) in [6.07, 6.45) is 0. The molecule has 1 aliphatic rings.